The van der Waals surface area contributed by atoms with Gasteiger partial charge in [-0.15, -0.1) is 0 Å². The molecule has 0 spiro atoms. The first-order chi connectivity index (χ1) is 69.9. The van der Waals surface area contributed by atoms with Crippen molar-refractivity contribution < 1.29 is 131 Å². The highest BCUT2D eigenvalue weighted by atomic mass is 16.5. The molecule has 4 aromatic rings. The normalized spacial score (nSPS) is 18.3. The van der Waals surface area contributed by atoms with E-state index in [1.165, 1.54) is 12.5 Å². The Morgan fingerprint density at radius 1 is 0.555 bits per heavy atom. The average Bonchev–Trinajstić information content (AvgIpc) is 1.46. The minimum Gasteiger partial charge on any atom is -0.481 e. The number of H-pyrrole nitrogens is 2. The van der Waals surface area contributed by atoms with E-state index < -0.39 is 282 Å². The van der Waals surface area contributed by atoms with E-state index in [0.29, 0.717) is 46.2 Å². The van der Waals surface area contributed by atoms with E-state index in [2.05, 4.69) is 94.7 Å². The molecule has 2 aromatic heterocycles. The van der Waals surface area contributed by atoms with E-state index in [0.717, 1.165) is 75.5 Å². The number of primary amides is 2. The molecule has 51 nitrogen and oxygen atoms in total. The van der Waals surface area contributed by atoms with Gasteiger partial charge in [-0.1, -0.05) is 133 Å². The van der Waals surface area contributed by atoms with Gasteiger partial charge in [-0.25, -0.2) is 4.98 Å². The summed E-state index contributed by atoms with van der Waals surface area (Å²) in [7, 11) is 0. The van der Waals surface area contributed by atoms with Crippen molar-refractivity contribution in [2.75, 3.05) is 91.9 Å². The molecule has 0 bridgehead atoms. The van der Waals surface area contributed by atoms with E-state index in [-0.39, 0.29) is 115 Å². The van der Waals surface area contributed by atoms with E-state index in [9.17, 15) is 87.5 Å². The minimum absolute atomic E-state index is 0.0400. The Bertz CT molecular complexity index is 4880. The van der Waals surface area contributed by atoms with Crippen LogP contribution >= 0.6 is 0 Å². The number of hydrogen-bond donors (Lipinski definition) is 26. The van der Waals surface area contributed by atoms with Crippen LogP contribution in [-0.4, -0.2) is 339 Å². The van der Waals surface area contributed by atoms with Crippen LogP contribution in [0.1, 0.15) is 197 Å². The van der Waals surface area contributed by atoms with Gasteiger partial charge in [-0.2, -0.15) is 0 Å². The first-order valence-electron chi connectivity index (χ1n) is 49.5. The van der Waals surface area contributed by atoms with Crippen molar-refractivity contribution in [3.8, 4) is 0 Å². The lowest BCUT2D eigenvalue weighted by molar-refractivity contribution is -0.143. The Hall–Kier alpha value is -13.7. The van der Waals surface area contributed by atoms with E-state index >= 15 is 28.8 Å². The van der Waals surface area contributed by atoms with Gasteiger partial charge in [0.2, 0.25) is 100 Å². The molecule has 2 saturated heterocycles. The highest BCUT2D eigenvalue weighted by Crippen LogP contribution is 2.24. The van der Waals surface area contributed by atoms with Crippen molar-refractivity contribution >= 4 is 129 Å². The number of fused-ring (bicyclic) bond motifs is 2. The molecule has 2 aliphatic rings. The average molecular weight is 2060 g/mol. The summed E-state index contributed by atoms with van der Waals surface area (Å²) < 4.78 is 10.8. The zero-order chi connectivity index (χ0) is 107. The fourth-order valence-corrected chi connectivity index (χ4v) is 16.2. The number of rotatable bonds is 63. The standard InChI is InChI=1S/C95H146N24O27/c1-2-3-27-65(85(135)113-68-34-36-77(124)101-37-22-21-29-64(84(97)134)109-89(139)70(44-59-47-104-63-28-20-19-26-62(59)63)114-86(136)66(30-23-38-103-95(98)99)110-88(138)69(43-58-24-15-14-16-25-58)116-93(143)74-46-61(121)51-119(74)94(68)144)111-91(141)72(49-105-79(126)52-118(53-82(130)131)54-83(132)133)117-90(140)71(45-60-48-100-57-107-60)115-87(137)67(33-35-75(96)122)112-92(142)73(55-120)108-78(125)50-106-80(127)56-146-42-41-145-40-39-102-76(123)31-17-12-10-8-6-4-5-7-9-11-13-18-32-81(128)129/h14-16,19-20,24-26,28,47-48,57,61,64-74,95,103-104,120-121H,2-13,17-18,21-23,27,29-46,49-56,98-99H2,1H3,(H2,96,122)(H2,97,134)(H,100,107)(H,101,124)(H,102,123)(H,105,126)(H,106,127)(H,108,125)(H,109,139)(H,110,138)(H,111,141)(H,112,142)(H,113,135)(H,114,136)(H,115,137)(H,116,143)(H,117,140)(H,128,129)(H,130,131)(H,132,133)/t61-,64?,65?,66?,67?,68?,69-,70?,71?,72?,73?,74?/m1/s1. The lowest BCUT2D eigenvalue weighted by Gasteiger charge is -2.31. The quantitative estimate of drug-likeness (QED) is 0.0145. The molecule has 4 heterocycles. The number of unbranched alkanes of at least 4 members (excludes halogenated alkanes) is 12. The third-order valence-corrected chi connectivity index (χ3v) is 24.0. The number of nitrogens with zero attached hydrogens (tertiary/aromatic N) is 3. The molecule has 51 heteroatoms. The fourth-order valence-electron chi connectivity index (χ4n) is 16.2. The number of carbonyl (C=O) groups is 20. The van der Waals surface area contributed by atoms with Crippen LogP contribution in [0.3, 0.4) is 0 Å². The number of para-hydroxylation sites is 1. The second-order valence-corrected chi connectivity index (χ2v) is 36.0. The van der Waals surface area contributed by atoms with Crippen LogP contribution < -0.4 is 103 Å². The number of nitrogens with one attached hydrogen (secondary N) is 17. The van der Waals surface area contributed by atoms with Crippen molar-refractivity contribution in [2.45, 2.75) is 278 Å². The molecule has 6 rings (SSSR count). The number of aliphatic carboxylic acids is 3. The van der Waals surface area contributed by atoms with Crippen molar-refractivity contribution in [3.05, 3.63) is 90.1 Å². The van der Waals surface area contributed by atoms with Gasteiger partial charge in [0.05, 0.1) is 65.0 Å². The van der Waals surface area contributed by atoms with Crippen molar-refractivity contribution in [1.29, 1.82) is 0 Å². The minimum atomic E-state index is -2.08. The molecule has 0 aliphatic carbocycles. The Morgan fingerprint density at radius 3 is 1.79 bits per heavy atom. The molecule has 10 unspecified atom stereocenters. The summed E-state index contributed by atoms with van der Waals surface area (Å²) in [5.41, 5.74) is 24.9. The molecule has 17 amide bonds. The van der Waals surface area contributed by atoms with Crippen LogP contribution in [0, 0.1) is 0 Å². The number of aromatic amines is 2. The Kier molecular flexibility index (Phi) is 55.6. The number of hydrogen-bond acceptors (Lipinski definition) is 29. The van der Waals surface area contributed by atoms with Crippen LogP contribution in [0.25, 0.3) is 10.9 Å². The summed E-state index contributed by atoms with van der Waals surface area (Å²) in [5, 5.41) is 88.8. The summed E-state index contributed by atoms with van der Waals surface area (Å²) in [5.74, 6) is -20.6. The maximum Gasteiger partial charge on any atom is 0.317 e. The maximum absolute atomic E-state index is 15.5. The van der Waals surface area contributed by atoms with Crippen LogP contribution in [0.5, 0.6) is 0 Å². The second-order valence-electron chi connectivity index (χ2n) is 36.0. The van der Waals surface area contributed by atoms with Gasteiger partial charge in [0.25, 0.3) is 0 Å². The molecule has 2 aromatic carbocycles. The van der Waals surface area contributed by atoms with Gasteiger partial charge in [-0.3, -0.25) is 106 Å². The first-order valence-corrected chi connectivity index (χ1v) is 49.5. The number of carboxylic acid groups (broad SMARTS) is 3. The molecule has 808 valence electrons. The number of aliphatic hydroxyl groups is 2. The number of amides is 17. The Labute approximate surface area is 844 Å². The molecule has 30 N–H and O–H groups in total. The van der Waals surface area contributed by atoms with E-state index in [1.807, 2.05) is 0 Å². The van der Waals surface area contributed by atoms with Crippen LogP contribution in [-0.2, 0) is 125 Å². The zero-order valence-corrected chi connectivity index (χ0v) is 82.4. The van der Waals surface area contributed by atoms with Crippen molar-refractivity contribution in [3.63, 3.8) is 0 Å². The van der Waals surface area contributed by atoms with Crippen LogP contribution in [0.15, 0.2) is 73.3 Å². The second kappa shape index (κ2) is 67.1. The lowest BCUT2D eigenvalue weighted by Crippen LogP contribution is -2.62. The summed E-state index contributed by atoms with van der Waals surface area (Å²) in [4.78, 5) is 287. The van der Waals surface area contributed by atoms with Gasteiger partial charge >= 0.3 is 17.9 Å². The van der Waals surface area contributed by atoms with Crippen molar-refractivity contribution in [1.82, 2.24) is 105 Å². The highest BCUT2D eigenvalue weighted by molar-refractivity contribution is 6.01. The van der Waals surface area contributed by atoms with Gasteiger partial charge in [0.15, 0.2) is 0 Å². The fraction of sp³-hybridized carbons (Fsp3) is 0.611. The summed E-state index contributed by atoms with van der Waals surface area (Å²) in [6.45, 7) is -4.82. The number of carbonyl (C=O) groups excluding carboxylic acids is 17. The first kappa shape index (κ1) is 121. The van der Waals surface area contributed by atoms with Crippen LogP contribution in [0.2, 0.25) is 0 Å². The molecular formula is C95H146N24O27. The number of imidazole rings is 1. The summed E-state index contributed by atoms with van der Waals surface area (Å²) >= 11 is 0. The molecule has 0 radical (unpaired) electrons. The Morgan fingerprint density at radius 2 is 1.15 bits per heavy atom. The van der Waals surface area contributed by atoms with E-state index in [1.54, 1.807) is 67.7 Å². The number of carboxylic acids is 3. The maximum atomic E-state index is 15.5. The molecule has 12 atom stereocenters. The zero-order valence-electron chi connectivity index (χ0n) is 82.4. The predicted octanol–water partition coefficient (Wildman–Crippen LogP) is -5.29. The summed E-state index contributed by atoms with van der Waals surface area (Å²) in [6.07, 6.45) is 10.9. The number of ether oxygens (including phenoxy) is 2. The number of nitrogens with two attached hydrogens (primary N) is 4. The molecule has 2 fully saturated rings. The van der Waals surface area contributed by atoms with Crippen LogP contribution in [0.4, 0.5) is 0 Å². The third-order valence-electron chi connectivity index (χ3n) is 24.0. The molecule has 0 saturated carbocycles. The van der Waals surface area contributed by atoms with Gasteiger partial charge < -0.3 is 147 Å². The predicted molar refractivity (Wildman–Crippen MR) is 524 cm³/mol. The number of aromatic nitrogens is 3. The summed E-state index contributed by atoms with van der Waals surface area (Å²) in [6, 6.07) is -3.34. The van der Waals surface area contributed by atoms with E-state index in [4.69, 9.17) is 37.5 Å². The third kappa shape index (κ3) is 47.4. The van der Waals surface area contributed by atoms with Gasteiger partial charge in [-0.05, 0) is 87.9 Å². The highest BCUT2D eigenvalue weighted by Gasteiger charge is 2.45. The topological polar surface area (TPSA) is 796 Å². The molecule has 146 heavy (non-hydrogen) atoms. The SMILES string of the molecule is CCCCC(NC(=O)C(CNC(=O)CN(CC(=O)O)CC(=O)O)NC(=O)C(Cc1cnc[nH]1)NC(=O)C(CCC(N)=O)NC(=O)C(CO)NC(=O)CNC(=O)COCCOCCNC(=O)CCCCCCCCCCCCCCC(=O)O)C(=O)NC1CCC(=O)NCCCCC(C(N)=O)NC(=O)C(Cc2c[nH]c3ccccc23)NC(=O)C(CCCNC(N)N)NC(=O)[C@@H](Cc2ccccc2)NC(=O)C2C[C@@H](O)CN2C1=O. The largest absolute Gasteiger partial charge is 0.481 e. The Balaban J connectivity index is 1.20. The molecular weight excluding hydrogens is 1910 g/mol. The monoisotopic (exact) mass is 2060 g/mol. The number of benzene rings is 2. The smallest absolute Gasteiger partial charge is 0.317 e. The lowest BCUT2D eigenvalue weighted by atomic mass is 10.0. The number of aliphatic hydroxyl groups excluding tert-OH is 2. The molecule has 2 aliphatic heterocycles. The van der Waals surface area contributed by atoms with Gasteiger partial charge in [0, 0.05) is 107 Å². The van der Waals surface area contributed by atoms with Gasteiger partial charge in [0.1, 0.15) is 79.4 Å². The van der Waals surface area contributed by atoms with Crippen molar-refractivity contribution in [2.24, 2.45) is 22.9 Å².